The van der Waals surface area contributed by atoms with Crippen molar-refractivity contribution < 1.29 is 0 Å². The molecule has 5 nitrogen and oxygen atoms in total. The molecular formula is C12H10IN5. The molecule has 18 heavy (non-hydrogen) atoms. The maximum absolute atomic E-state index is 5.96. The van der Waals surface area contributed by atoms with Gasteiger partial charge in [0.2, 0.25) is 0 Å². The van der Waals surface area contributed by atoms with Gasteiger partial charge in [-0.2, -0.15) is 0 Å². The molecule has 5 N–H and O–H groups in total. The Bertz CT molecular complexity index is 734. The molecule has 0 amide bonds. The van der Waals surface area contributed by atoms with Crippen molar-refractivity contribution in [3.8, 4) is 11.4 Å². The first-order valence-corrected chi connectivity index (χ1v) is 6.39. The first-order chi connectivity index (χ1) is 8.63. The highest BCUT2D eigenvalue weighted by Gasteiger charge is 2.09. The smallest absolute Gasteiger partial charge is 0.180 e. The number of hydrogen-bond acceptors (Lipinski definition) is 4. The quantitative estimate of drug-likeness (QED) is 0.464. The lowest BCUT2D eigenvalue weighted by Gasteiger charge is -2.02. The van der Waals surface area contributed by atoms with Gasteiger partial charge in [-0.3, -0.25) is 0 Å². The molecule has 0 fully saturated rings. The summed E-state index contributed by atoms with van der Waals surface area (Å²) in [6.07, 6.45) is 0. The lowest BCUT2D eigenvalue weighted by atomic mass is 10.2. The van der Waals surface area contributed by atoms with E-state index in [1.54, 1.807) is 6.07 Å². The molecule has 0 aliphatic heterocycles. The third-order valence-corrected chi connectivity index (χ3v) is 3.31. The van der Waals surface area contributed by atoms with Crippen molar-refractivity contribution >= 4 is 45.3 Å². The van der Waals surface area contributed by atoms with E-state index in [1.807, 2.05) is 24.3 Å². The van der Waals surface area contributed by atoms with Crippen molar-refractivity contribution in [2.24, 2.45) is 0 Å². The van der Waals surface area contributed by atoms with Gasteiger partial charge in [-0.1, -0.05) is 0 Å². The SMILES string of the molecule is Nc1ccc2[nH]c(-c3cc(I)ccc3N)nc2n1. The van der Waals surface area contributed by atoms with Gasteiger partial charge in [0, 0.05) is 14.8 Å². The molecule has 0 unspecified atom stereocenters. The van der Waals surface area contributed by atoms with E-state index in [-0.39, 0.29) is 0 Å². The number of nitrogens with two attached hydrogens (primary N) is 2. The molecule has 1 aromatic carbocycles. The number of rotatable bonds is 1. The molecule has 2 aromatic heterocycles. The number of H-pyrrole nitrogens is 1. The zero-order valence-corrected chi connectivity index (χ0v) is 11.5. The van der Waals surface area contributed by atoms with Crippen LogP contribution in [0.3, 0.4) is 0 Å². The average Bonchev–Trinajstić information content (AvgIpc) is 2.74. The van der Waals surface area contributed by atoms with Gasteiger partial charge < -0.3 is 16.5 Å². The first kappa shape index (κ1) is 11.3. The highest BCUT2D eigenvalue weighted by Crippen LogP contribution is 2.27. The van der Waals surface area contributed by atoms with E-state index in [0.29, 0.717) is 23.0 Å². The van der Waals surface area contributed by atoms with E-state index in [4.69, 9.17) is 11.5 Å². The summed E-state index contributed by atoms with van der Waals surface area (Å²) in [6, 6.07) is 9.40. The fraction of sp³-hybridized carbons (Fsp3) is 0. The Morgan fingerprint density at radius 2 is 1.89 bits per heavy atom. The summed E-state index contributed by atoms with van der Waals surface area (Å²) in [5.74, 6) is 1.16. The minimum Gasteiger partial charge on any atom is -0.398 e. The van der Waals surface area contributed by atoms with Gasteiger partial charge in [-0.15, -0.1) is 0 Å². The molecule has 6 heteroatoms. The van der Waals surface area contributed by atoms with Crippen molar-refractivity contribution in [1.82, 2.24) is 15.0 Å². The molecule has 0 radical (unpaired) electrons. The number of aromatic nitrogens is 3. The van der Waals surface area contributed by atoms with Crippen LogP contribution in [0.2, 0.25) is 0 Å². The van der Waals surface area contributed by atoms with Crippen LogP contribution < -0.4 is 11.5 Å². The van der Waals surface area contributed by atoms with Gasteiger partial charge in [0.15, 0.2) is 5.65 Å². The number of nitrogen functional groups attached to an aromatic ring is 2. The number of pyridine rings is 1. The van der Waals surface area contributed by atoms with E-state index < -0.39 is 0 Å². The van der Waals surface area contributed by atoms with Crippen LogP contribution in [-0.2, 0) is 0 Å². The van der Waals surface area contributed by atoms with Gasteiger partial charge in [0.05, 0.1) is 5.52 Å². The van der Waals surface area contributed by atoms with Crippen molar-refractivity contribution in [2.75, 3.05) is 11.5 Å². The van der Waals surface area contributed by atoms with Crippen molar-refractivity contribution in [3.05, 3.63) is 33.9 Å². The van der Waals surface area contributed by atoms with Crippen LogP contribution in [-0.4, -0.2) is 15.0 Å². The third kappa shape index (κ3) is 1.88. The molecule has 0 saturated carbocycles. The number of nitrogens with zero attached hydrogens (tertiary/aromatic N) is 2. The van der Waals surface area contributed by atoms with Crippen molar-refractivity contribution in [1.29, 1.82) is 0 Å². The van der Waals surface area contributed by atoms with E-state index >= 15 is 0 Å². The second kappa shape index (κ2) is 4.13. The van der Waals surface area contributed by atoms with Crippen LogP contribution in [0.25, 0.3) is 22.6 Å². The minimum absolute atomic E-state index is 0.455. The summed E-state index contributed by atoms with van der Waals surface area (Å²) in [5.41, 5.74) is 14.6. The summed E-state index contributed by atoms with van der Waals surface area (Å²) in [7, 11) is 0. The molecule has 0 saturated heterocycles. The summed E-state index contributed by atoms with van der Waals surface area (Å²) >= 11 is 2.24. The number of fused-ring (bicyclic) bond motifs is 1. The Morgan fingerprint density at radius 1 is 1.06 bits per heavy atom. The molecule has 0 aliphatic rings. The maximum Gasteiger partial charge on any atom is 0.180 e. The normalized spacial score (nSPS) is 10.9. The Labute approximate surface area is 117 Å². The number of benzene rings is 1. The lowest BCUT2D eigenvalue weighted by Crippen LogP contribution is -1.92. The first-order valence-electron chi connectivity index (χ1n) is 5.31. The van der Waals surface area contributed by atoms with Crippen LogP contribution >= 0.6 is 22.6 Å². The third-order valence-electron chi connectivity index (χ3n) is 2.64. The fourth-order valence-electron chi connectivity index (χ4n) is 1.77. The number of anilines is 2. The van der Waals surface area contributed by atoms with E-state index in [9.17, 15) is 0 Å². The maximum atomic E-state index is 5.96. The highest BCUT2D eigenvalue weighted by molar-refractivity contribution is 14.1. The Morgan fingerprint density at radius 3 is 2.72 bits per heavy atom. The van der Waals surface area contributed by atoms with Crippen LogP contribution in [0, 0.1) is 3.57 Å². The second-order valence-corrected chi connectivity index (χ2v) is 5.17. The molecule has 90 valence electrons. The molecule has 0 bridgehead atoms. The van der Waals surface area contributed by atoms with Gasteiger partial charge in [-0.05, 0) is 52.9 Å². The van der Waals surface area contributed by atoms with Gasteiger partial charge in [0.25, 0.3) is 0 Å². The molecule has 0 atom stereocenters. The number of aromatic amines is 1. The van der Waals surface area contributed by atoms with Crippen LogP contribution in [0.1, 0.15) is 0 Å². The van der Waals surface area contributed by atoms with Gasteiger partial charge in [0.1, 0.15) is 11.6 Å². The summed E-state index contributed by atoms with van der Waals surface area (Å²) in [4.78, 5) is 11.8. The Hall–Kier alpha value is -1.83. The van der Waals surface area contributed by atoms with E-state index in [0.717, 1.165) is 14.7 Å². The van der Waals surface area contributed by atoms with Gasteiger partial charge in [-0.25, -0.2) is 9.97 Å². The lowest BCUT2D eigenvalue weighted by molar-refractivity contribution is 1.30. The van der Waals surface area contributed by atoms with E-state index in [2.05, 4.69) is 37.5 Å². The molecule has 3 rings (SSSR count). The highest BCUT2D eigenvalue weighted by atomic mass is 127. The molecular weight excluding hydrogens is 341 g/mol. The van der Waals surface area contributed by atoms with E-state index in [1.165, 1.54) is 0 Å². The topological polar surface area (TPSA) is 93.6 Å². The molecule has 3 aromatic rings. The molecule has 0 spiro atoms. The predicted octanol–water partition coefficient (Wildman–Crippen LogP) is 2.39. The monoisotopic (exact) mass is 351 g/mol. The Kier molecular flexibility index (Phi) is 2.58. The van der Waals surface area contributed by atoms with Crippen LogP contribution in [0.5, 0.6) is 0 Å². The predicted molar refractivity (Wildman–Crippen MR) is 80.9 cm³/mol. The van der Waals surface area contributed by atoms with Crippen LogP contribution in [0.15, 0.2) is 30.3 Å². The number of hydrogen-bond donors (Lipinski definition) is 3. The number of nitrogens with one attached hydrogen (secondary N) is 1. The largest absolute Gasteiger partial charge is 0.398 e. The summed E-state index contributed by atoms with van der Waals surface area (Å²) in [6.45, 7) is 0. The van der Waals surface area contributed by atoms with Crippen LogP contribution in [0.4, 0.5) is 11.5 Å². The number of imidazole rings is 1. The average molecular weight is 351 g/mol. The second-order valence-electron chi connectivity index (χ2n) is 3.92. The number of halogens is 1. The summed E-state index contributed by atoms with van der Waals surface area (Å²) < 4.78 is 1.10. The molecule has 0 aliphatic carbocycles. The van der Waals surface area contributed by atoms with Crippen molar-refractivity contribution in [3.63, 3.8) is 0 Å². The zero-order chi connectivity index (χ0) is 12.7. The zero-order valence-electron chi connectivity index (χ0n) is 9.31. The fourth-order valence-corrected chi connectivity index (χ4v) is 2.26. The summed E-state index contributed by atoms with van der Waals surface area (Å²) in [5, 5.41) is 0. The van der Waals surface area contributed by atoms with Gasteiger partial charge >= 0.3 is 0 Å². The van der Waals surface area contributed by atoms with Crippen molar-refractivity contribution in [2.45, 2.75) is 0 Å². The standard InChI is InChI=1S/C12H10IN5/c13-6-1-2-8(14)7(5-6)11-16-9-3-4-10(15)17-12(9)18-11/h1-5H,14H2,(H3,15,16,17,18). The molecule has 2 heterocycles. The minimum atomic E-state index is 0.455. The Balaban J connectivity index is 2.22.